The van der Waals surface area contributed by atoms with E-state index in [4.69, 9.17) is 0 Å². The van der Waals surface area contributed by atoms with E-state index in [0.717, 1.165) is 10.2 Å². The minimum Gasteiger partial charge on any atom is -0.298 e. The van der Waals surface area contributed by atoms with Crippen LogP contribution in [-0.4, -0.2) is 27.1 Å². The first-order valence-electron chi connectivity index (χ1n) is 5.79. The van der Waals surface area contributed by atoms with Crippen LogP contribution in [0.5, 0.6) is 0 Å². The van der Waals surface area contributed by atoms with Crippen LogP contribution in [0.2, 0.25) is 0 Å². The predicted molar refractivity (Wildman–Crippen MR) is 81.4 cm³/mol. The molecule has 100 valence electrons. The summed E-state index contributed by atoms with van der Waals surface area (Å²) >= 11 is 2.87. The Kier molecular flexibility index (Phi) is 3.62. The van der Waals surface area contributed by atoms with Crippen LogP contribution in [0.4, 0.5) is 5.13 Å². The lowest BCUT2D eigenvalue weighted by atomic mass is 10.3. The fourth-order valence-corrected chi connectivity index (χ4v) is 2.81. The minimum atomic E-state index is -0.253. The van der Waals surface area contributed by atoms with E-state index in [0.29, 0.717) is 15.9 Å². The second-order valence-electron chi connectivity index (χ2n) is 3.90. The van der Waals surface area contributed by atoms with Crippen LogP contribution < -0.4 is 5.32 Å². The first-order chi connectivity index (χ1) is 9.76. The maximum atomic E-state index is 12.1. The largest absolute Gasteiger partial charge is 0.298 e. The molecule has 3 aromatic rings. The third-order valence-electron chi connectivity index (χ3n) is 2.59. The van der Waals surface area contributed by atoms with Gasteiger partial charge in [0.05, 0.1) is 15.8 Å². The summed E-state index contributed by atoms with van der Waals surface area (Å²) in [4.78, 5) is 24.6. The molecule has 0 unspecified atom stereocenters. The van der Waals surface area contributed by atoms with Crippen molar-refractivity contribution >= 4 is 44.4 Å². The van der Waals surface area contributed by atoms with Gasteiger partial charge in [-0.2, -0.15) is 0 Å². The van der Waals surface area contributed by atoms with Gasteiger partial charge < -0.3 is 0 Å². The monoisotopic (exact) mass is 302 g/mol. The number of benzene rings is 1. The van der Waals surface area contributed by atoms with Gasteiger partial charge in [-0.15, -0.1) is 0 Å². The smallest absolute Gasteiger partial charge is 0.260 e. The second kappa shape index (κ2) is 5.56. The molecule has 5 nitrogen and oxygen atoms in total. The Bertz CT molecular complexity index is 721. The normalized spacial score (nSPS) is 10.7. The van der Waals surface area contributed by atoms with E-state index in [-0.39, 0.29) is 5.91 Å². The van der Waals surface area contributed by atoms with E-state index in [1.54, 1.807) is 0 Å². The van der Waals surface area contributed by atoms with E-state index in [2.05, 4.69) is 20.3 Å². The van der Waals surface area contributed by atoms with Crippen LogP contribution in [0, 0.1) is 0 Å². The Balaban J connectivity index is 1.80. The molecule has 0 atom stereocenters. The molecule has 0 saturated carbocycles. The van der Waals surface area contributed by atoms with Gasteiger partial charge in [0.25, 0.3) is 5.91 Å². The molecular weight excluding hydrogens is 292 g/mol. The lowest BCUT2D eigenvalue weighted by Gasteiger charge is -2.01. The number of fused-ring (bicyclic) bond motifs is 1. The molecule has 1 N–H and O–H groups in total. The van der Waals surface area contributed by atoms with E-state index in [1.807, 2.05) is 30.5 Å². The number of rotatable bonds is 3. The minimum absolute atomic E-state index is 0.253. The van der Waals surface area contributed by atoms with Crippen molar-refractivity contribution in [3.63, 3.8) is 0 Å². The summed E-state index contributed by atoms with van der Waals surface area (Å²) < 4.78 is 1.04. The van der Waals surface area contributed by atoms with Crippen LogP contribution in [0.25, 0.3) is 10.2 Å². The second-order valence-corrected chi connectivity index (χ2v) is 5.70. The molecule has 0 spiro atoms. The van der Waals surface area contributed by atoms with Crippen molar-refractivity contribution in [2.24, 2.45) is 0 Å². The van der Waals surface area contributed by atoms with Gasteiger partial charge in [0.1, 0.15) is 0 Å². The number of carbonyl (C=O) groups is 1. The molecular formula is C13H10N4OS2. The number of carbonyl (C=O) groups excluding carboxylic acids is 1. The summed E-state index contributed by atoms with van der Waals surface area (Å²) in [6, 6.07) is 7.75. The number of hydrogen-bond acceptors (Lipinski definition) is 6. The zero-order chi connectivity index (χ0) is 13.9. The number of anilines is 1. The van der Waals surface area contributed by atoms with Crippen molar-refractivity contribution < 1.29 is 4.79 Å². The van der Waals surface area contributed by atoms with E-state index in [9.17, 15) is 4.79 Å². The van der Waals surface area contributed by atoms with Gasteiger partial charge in [0, 0.05) is 12.4 Å². The molecule has 2 heterocycles. The number of aromatic nitrogens is 3. The topological polar surface area (TPSA) is 67.8 Å². The maximum Gasteiger partial charge on any atom is 0.260 e. The molecule has 20 heavy (non-hydrogen) atoms. The zero-order valence-corrected chi connectivity index (χ0v) is 12.2. The Labute approximate surface area is 123 Å². The summed E-state index contributed by atoms with van der Waals surface area (Å²) in [5.41, 5.74) is 1.30. The van der Waals surface area contributed by atoms with Gasteiger partial charge in [-0.05, 0) is 18.4 Å². The van der Waals surface area contributed by atoms with Crippen molar-refractivity contribution in [1.82, 2.24) is 15.0 Å². The zero-order valence-electron chi connectivity index (χ0n) is 10.5. The van der Waals surface area contributed by atoms with Crippen LogP contribution in [-0.2, 0) is 0 Å². The predicted octanol–water partition coefficient (Wildman–Crippen LogP) is 3.06. The number of thioether (sulfide) groups is 1. The molecule has 1 amide bonds. The van der Waals surface area contributed by atoms with Crippen molar-refractivity contribution in [3.05, 3.63) is 42.2 Å². The molecule has 0 aliphatic carbocycles. The van der Waals surface area contributed by atoms with Gasteiger partial charge in [0.15, 0.2) is 10.3 Å². The highest BCUT2D eigenvalue weighted by molar-refractivity contribution is 7.98. The lowest BCUT2D eigenvalue weighted by molar-refractivity contribution is 0.102. The van der Waals surface area contributed by atoms with E-state index >= 15 is 0 Å². The first kappa shape index (κ1) is 13.0. The highest BCUT2D eigenvalue weighted by Gasteiger charge is 2.10. The average molecular weight is 302 g/mol. The highest BCUT2D eigenvalue weighted by Crippen LogP contribution is 2.25. The molecule has 0 aliphatic heterocycles. The Hall–Kier alpha value is -1.99. The highest BCUT2D eigenvalue weighted by atomic mass is 32.2. The maximum absolute atomic E-state index is 12.1. The van der Waals surface area contributed by atoms with Crippen LogP contribution in [0.15, 0.2) is 41.8 Å². The van der Waals surface area contributed by atoms with Gasteiger partial charge in [-0.3, -0.25) is 10.1 Å². The fraction of sp³-hybridized carbons (Fsp3) is 0.0769. The molecule has 0 fully saturated rings. The summed E-state index contributed by atoms with van der Waals surface area (Å²) in [5.74, 6) is -0.253. The lowest BCUT2D eigenvalue weighted by Crippen LogP contribution is -2.12. The van der Waals surface area contributed by atoms with Crippen LogP contribution in [0.1, 0.15) is 10.4 Å². The third kappa shape index (κ3) is 2.63. The Morgan fingerprint density at radius 1 is 1.25 bits per heavy atom. The molecule has 7 heteroatoms. The van der Waals surface area contributed by atoms with Crippen molar-refractivity contribution in [1.29, 1.82) is 0 Å². The molecule has 1 aromatic carbocycles. The summed E-state index contributed by atoms with van der Waals surface area (Å²) in [5, 5.41) is 3.98. The quantitative estimate of drug-likeness (QED) is 0.595. The van der Waals surface area contributed by atoms with E-state index in [1.165, 1.54) is 35.5 Å². The Morgan fingerprint density at radius 3 is 2.70 bits per heavy atom. The third-order valence-corrected chi connectivity index (χ3v) is 4.12. The molecule has 2 aromatic heterocycles. The number of amides is 1. The molecule has 0 aliphatic rings. The van der Waals surface area contributed by atoms with Gasteiger partial charge in [-0.1, -0.05) is 35.2 Å². The van der Waals surface area contributed by atoms with Gasteiger partial charge in [-0.25, -0.2) is 15.0 Å². The van der Waals surface area contributed by atoms with E-state index < -0.39 is 0 Å². The molecule has 0 bridgehead atoms. The SMILES string of the molecule is CSc1ncc(C(=O)Nc2nc3ccccc3s2)cn1. The van der Waals surface area contributed by atoms with Gasteiger partial charge >= 0.3 is 0 Å². The summed E-state index contributed by atoms with van der Waals surface area (Å²) in [6.07, 6.45) is 4.92. The first-order valence-corrected chi connectivity index (χ1v) is 7.83. The fourth-order valence-electron chi connectivity index (χ4n) is 1.63. The van der Waals surface area contributed by atoms with Crippen LogP contribution in [0.3, 0.4) is 0 Å². The van der Waals surface area contributed by atoms with Crippen molar-refractivity contribution in [3.8, 4) is 0 Å². The van der Waals surface area contributed by atoms with Crippen LogP contribution >= 0.6 is 23.1 Å². The number of nitrogens with zero attached hydrogens (tertiary/aromatic N) is 3. The Morgan fingerprint density at radius 2 is 2.00 bits per heavy atom. The summed E-state index contributed by atoms with van der Waals surface area (Å²) in [7, 11) is 0. The molecule has 3 rings (SSSR count). The van der Waals surface area contributed by atoms with Crippen molar-refractivity contribution in [2.45, 2.75) is 5.16 Å². The summed E-state index contributed by atoms with van der Waals surface area (Å²) in [6.45, 7) is 0. The molecule has 0 radical (unpaired) electrons. The average Bonchev–Trinajstić information content (AvgIpc) is 2.89. The van der Waals surface area contributed by atoms with Crippen molar-refractivity contribution in [2.75, 3.05) is 11.6 Å². The molecule has 0 saturated heterocycles. The van der Waals surface area contributed by atoms with Gasteiger partial charge in [0.2, 0.25) is 0 Å². The standard InChI is InChI=1S/C13H10N4OS2/c1-19-12-14-6-8(7-15-12)11(18)17-13-16-9-4-2-3-5-10(9)20-13/h2-7H,1H3,(H,16,17,18). The number of hydrogen-bond donors (Lipinski definition) is 1. The number of thiazole rings is 1. The number of nitrogens with one attached hydrogen (secondary N) is 1. The number of para-hydroxylation sites is 1.